The van der Waals surface area contributed by atoms with Crippen molar-refractivity contribution in [1.29, 1.82) is 0 Å². The zero-order valence-corrected chi connectivity index (χ0v) is 16.9. The Balaban J connectivity index is 1.52. The maximum atomic E-state index is 12.5. The van der Waals surface area contributed by atoms with E-state index in [2.05, 4.69) is 10.6 Å². The molecule has 0 aliphatic heterocycles. The van der Waals surface area contributed by atoms with Crippen LogP contribution < -0.4 is 15.5 Å². The topological polar surface area (TPSA) is 61.4 Å². The van der Waals surface area contributed by atoms with Crippen molar-refractivity contribution in [3.05, 3.63) is 81.5 Å². The molecule has 2 aromatic carbocycles. The molecule has 0 unspecified atom stereocenters. The number of thiophene rings is 1. The zero-order chi connectivity index (χ0) is 19.9. The number of rotatable bonds is 6. The van der Waals surface area contributed by atoms with E-state index in [9.17, 15) is 9.59 Å². The third-order valence-electron chi connectivity index (χ3n) is 4.15. The van der Waals surface area contributed by atoms with Crippen LogP contribution in [0.1, 0.15) is 15.2 Å². The maximum Gasteiger partial charge on any atom is 0.319 e. The maximum absolute atomic E-state index is 12.5. The van der Waals surface area contributed by atoms with Crippen LogP contribution in [0, 0.1) is 0 Å². The molecule has 0 spiro atoms. The van der Waals surface area contributed by atoms with Gasteiger partial charge in [0.2, 0.25) is 0 Å². The second-order valence-corrected chi connectivity index (χ2v) is 7.60. The van der Waals surface area contributed by atoms with Crippen molar-refractivity contribution < 1.29 is 9.59 Å². The normalized spacial score (nSPS) is 10.4. The van der Waals surface area contributed by atoms with Crippen LogP contribution in [0.25, 0.3) is 0 Å². The van der Waals surface area contributed by atoms with Crippen LogP contribution in [-0.2, 0) is 6.42 Å². The molecule has 0 radical (unpaired) electrons. The minimum Gasteiger partial charge on any atom is -0.338 e. The molecule has 0 saturated heterocycles. The lowest BCUT2D eigenvalue weighted by Crippen LogP contribution is -2.30. The fourth-order valence-corrected chi connectivity index (χ4v) is 3.44. The Hall–Kier alpha value is -2.83. The van der Waals surface area contributed by atoms with Gasteiger partial charge in [0.1, 0.15) is 0 Å². The summed E-state index contributed by atoms with van der Waals surface area (Å²) in [4.78, 5) is 27.3. The van der Waals surface area contributed by atoms with Gasteiger partial charge in [-0.2, -0.15) is 0 Å². The molecule has 0 atom stereocenters. The summed E-state index contributed by atoms with van der Waals surface area (Å²) in [5, 5.41) is 8.23. The van der Waals surface area contributed by atoms with Gasteiger partial charge in [0.25, 0.3) is 5.91 Å². The number of carbonyl (C=O) groups excluding carboxylic acids is 2. The third-order valence-corrected chi connectivity index (χ3v) is 5.33. The van der Waals surface area contributed by atoms with Gasteiger partial charge in [0.05, 0.1) is 0 Å². The number of nitrogens with zero attached hydrogens (tertiary/aromatic N) is 1. The number of hydrogen-bond donors (Lipinski definition) is 2. The summed E-state index contributed by atoms with van der Waals surface area (Å²) in [5.41, 5.74) is 1.94. The van der Waals surface area contributed by atoms with E-state index in [0.29, 0.717) is 22.8 Å². The second kappa shape index (κ2) is 9.39. The summed E-state index contributed by atoms with van der Waals surface area (Å²) in [6, 6.07) is 17.6. The molecule has 144 valence electrons. The fourth-order valence-electron chi connectivity index (χ4n) is 2.60. The molecule has 2 N–H and O–H groups in total. The molecule has 3 aromatic rings. The van der Waals surface area contributed by atoms with Crippen LogP contribution >= 0.6 is 22.9 Å². The summed E-state index contributed by atoms with van der Waals surface area (Å²) in [6.07, 6.45) is 0.807. The van der Waals surface area contributed by atoms with Gasteiger partial charge in [-0.1, -0.05) is 17.7 Å². The molecule has 28 heavy (non-hydrogen) atoms. The SMILES string of the molecule is CN(C(=O)c1ccc(Cl)cc1)c1ccc(NC(=O)NCCc2cccs2)cc1. The van der Waals surface area contributed by atoms with Crippen molar-refractivity contribution in [2.24, 2.45) is 0 Å². The Morgan fingerprint density at radius 2 is 1.75 bits per heavy atom. The first kappa shape index (κ1) is 19.9. The molecule has 0 fully saturated rings. The van der Waals surface area contributed by atoms with Crippen molar-refractivity contribution >= 4 is 46.3 Å². The van der Waals surface area contributed by atoms with E-state index in [1.807, 2.05) is 17.5 Å². The number of carbonyl (C=O) groups is 2. The second-order valence-electron chi connectivity index (χ2n) is 6.13. The smallest absolute Gasteiger partial charge is 0.319 e. The van der Waals surface area contributed by atoms with E-state index in [1.165, 1.54) is 4.88 Å². The lowest BCUT2D eigenvalue weighted by molar-refractivity contribution is 0.0993. The molecule has 3 rings (SSSR count). The Morgan fingerprint density at radius 3 is 2.39 bits per heavy atom. The Morgan fingerprint density at radius 1 is 1.04 bits per heavy atom. The molecule has 0 bridgehead atoms. The predicted octanol–water partition coefficient (Wildman–Crippen LogP) is 5.04. The van der Waals surface area contributed by atoms with Crippen LogP contribution in [0.15, 0.2) is 66.0 Å². The van der Waals surface area contributed by atoms with E-state index in [4.69, 9.17) is 11.6 Å². The van der Waals surface area contributed by atoms with Gasteiger partial charge < -0.3 is 15.5 Å². The van der Waals surface area contributed by atoms with E-state index in [0.717, 1.165) is 12.1 Å². The first-order valence-electron chi connectivity index (χ1n) is 8.74. The largest absolute Gasteiger partial charge is 0.338 e. The third kappa shape index (κ3) is 5.34. The average Bonchev–Trinajstić information content (AvgIpc) is 3.21. The lowest BCUT2D eigenvalue weighted by atomic mass is 10.2. The molecular weight excluding hydrogens is 394 g/mol. The van der Waals surface area contributed by atoms with Crippen molar-refractivity contribution in [1.82, 2.24) is 5.32 Å². The quantitative estimate of drug-likeness (QED) is 0.594. The van der Waals surface area contributed by atoms with Gasteiger partial charge in [-0.05, 0) is 66.4 Å². The van der Waals surface area contributed by atoms with Crippen molar-refractivity contribution in [3.8, 4) is 0 Å². The van der Waals surface area contributed by atoms with Crippen LogP contribution in [0.3, 0.4) is 0 Å². The Bertz CT molecular complexity index is 925. The van der Waals surface area contributed by atoms with Gasteiger partial charge >= 0.3 is 6.03 Å². The highest BCUT2D eigenvalue weighted by Gasteiger charge is 2.13. The molecule has 0 saturated carbocycles. The summed E-state index contributed by atoms with van der Waals surface area (Å²) < 4.78 is 0. The van der Waals surface area contributed by atoms with Gasteiger partial charge in [-0.15, -0.1) is 11.3 Å². The predicted molar refractivity (Wildman–Crippen MR) is 116 cm³/mol. The molecule has 1 heterocycles. The number of halogens is 1. The first-order chi connectivity index (χ1) is 13.5. The van der Waals surface area contributed by atoms with E-state index >= 15 is 0 Å². The van der Waals surface area contributed by atoms with E-state index in [-0.39, 0.29) is 11.9 Å². The zero-order valence-electron chi connectivity index (χ0n) is 15.3. The highest BCUT2D eigenvalue weighted by Crippen LogP contribution is 2.19. The Kier molecular flexibility index (Phi) is 6.68. The number of benzene rings is 2. The first-order valence-corrected chi connectivity index (χ1v) is 9.99. The molecule has 1 aromatic heterocycles. The fraction of sp³-hybridized carbons (Fsp3) is 0.143. The van der Waals surface area contributed by atoms with E-state index < -0.39 is 0 Å². The van der Waals surface area contributed by atoms with Crippen LogP contribution in [0.4, 0.5) is 16.2 Å². The monoisotopic (exact) mass is 413 g/mol. The molecule has 7 heteroatoms. The summed E-state index contributed by atoms with van der Waals surface area (Å²) >= 11 is 7.54. The number of nitrogens with one attached hydrogen (secondary N) is 2. The number of amides is 3. The molecule has 0 aliphatic rings. The summed E-state index contributed by atoms with van der Waals surface area (Å²) in [7, 11) is 1.71. The molecule has 0 aliphatic carbocycles. The van der Waals surface area contributed by atoms with Gasteiger partial charge in [0.15, 0.2) is 0 Å². The van der Waals surface area contributed by atoms with Crippen molar-refractivity contribution in [3.63, 3.8) is 0 Å². The number of urea groups is 1. The van der Waals surface area contributed by atoms with Crippen molar-refractivity contribution in [2.45, 2.75) is 6.42 Å². The minimum atomic E-state index is -0.255. The van der Waals surface area contributed by atoms with Crippen LogP contribution in [0.5, 0.6) is 0 Å². The van der Waals surface area contributed by atoms with Crippen LogP contribution in [0.2, 0.25) is 5.02 Å². The molecular formula is C21H20ClN3O2S. The summed E-state index contributed by atoms with van der Waals surface area (Å²) in [6.45, 7) is 0.572. The Labute approximate surface area is 172 Å². The average molecular weight is 414 g/mol. The van der Waals surface area contributed by atoms with Crippen molar-refractivity contribution in [2.75, 3.05) is 23.8 Å². The highest BCUT2D eigenvalue weighted by molar-refractivity contribution is 7.09. The molecule has 3 amide bonds. The lowest BCUT2D eigenvalue weighted by Gasteiger charge is -2.18. The number of anilines is 2. The van der Waals surface area contributed by atoms with Gasteiger partial charge in [-0.25, -0.2) is 4.79 Å². The van der Waals surface area contributed by atoms with Gasteiger partial charge in [-0.3, -0.25) is 4.79 Å². The summed E-state index contributed by atoms with van der Waals surface area (Å²) in [5.74, 6) is -0.135. The van der Waals surface area contributed by atoms with Gasteiger partial charge in [0, 0.05) is 40.4 Å². The number of hydrogen-bond acceptors (Lipinski definition) is 3. The molecule has 5 nitrogen and oxygen atoms in total. The highest BCUT2D eigenvalue weighted by atomic mass is 35.5. The standard InChI is InChI=1S/C21H20ClN3O2S/c1-25(20(26)15-4-6-16(22)7-5-15)18-10-8-17(9-11-18)24-21(27)23-13-12-19-3-2-14-28-19/h2-11,14H,12-13H2,1H3,(H2,23,24,27). The minimum absolute atomic E-state index is 0.135. The van der Waals surface area contributed by atoms with E-state index in [1.54, 1.807) is 71.8 Å². The van der Waals surface area contributed by atoms with Crippen LogP contribution in [-0.4, -0.2) is 25.5 Å².